The fourth-order valence-corrected chi connectivity index (χ4v) is 6.99. The molecule has 0 unspecified atom stereocenters. The standard InChI is InChI=1S/C47H49Cl4N5O2/c1-44(2,3)28-22-26(23-29(42(28)57)45(4,5)6)40(55-53-34-18-13-16-32(48)38(34)50)36-20-15-21-37(52-36)41(56-54-35-19-14-17-33(49)39(35)51)27-24-30(46(7,8)9)43(58)31(25-27)47(10,11)12/h13-25H,1-12H3. The summed E-state index contributed by atoms with van der Waals surface area (Å²) in [6.07, 6.45) is 7.46. The molecule has 0 atom stereocenters. The van der Waals surface area contributed by atoms with Crippen LogP contribution in [0.2, 0.25) is 20.1 Å². The first-order valence-electron chi connectivity index (χ1n) is 18.9. The van der Waals surface area contributed by atoms with E-state index in [4.69, 9.17) is 61.6 Å². The molecule has 0 aliphatic heterocycles. The fourth-order valence-electron chi connectivity index (χ4n) is 6.32. The normalized spacial score (nSPS) is 15.9. The zero-order valence-corrected chi connectivity index (χ0v) is 38.1. The number of ketones is 2. The lowest BCUT2D eigenvalue weighted by Crippen LogP contribution is -2.28. The number of pyridine rings is 1. The van der Waals surface area contributed by atoms with Gasteiger partial charge in [0.1, 0.15) is 22.8 Å². The maximum absolute atomic E-state index is 14.0. The van der Waals surface area contributed by atoms with Crippen LogP contribution in [0, 0.1) is 21.7 Å². The molecule has 5 rings (SSSR count). The third-order valence-electron chi connectivity index (χ3n) is 9.57. The SMILES string of the molecule is CC(C)(C)C1=CC(=C(N=Nc2cccc(Cl)c2Cl)c2cccc(C(N=Nc3cccc(Cl)c3Cl)=C3C=C(C(C)(C)C)C(=O)C(C(C)(C)C)=C3)n2)C=C(C(C)(C)C)C1=O. The largest absolute Gasteiger partial charge is 0.289 e. The summed E-state index contributed by atoms with van der Waals surface area (Å²) in [6, 6.07) is 15.8. The van der Waals surface area contributed by atoms with E-state index in [9.17, 15) is 9.59 Å². The van der Waals surface area contributed by atoms with Crippen LogP contribution in [0.25, 0.3) is 11.4 Å². The first kappa shape index (κ1) is 44.8. The van der Waals surface area contributed by atoms with Gasteiger partial charge in [-0.15, -0.1) is 20.5 Å². The van der Waals surface area contributed by atoms with Crippen LogP contribution in [0.5, 0.6) is 0 Å². The van der Waals surface area contributed by atoms with Gasteiger partial charge < -0.3 is 0 Å². The maximum atomic E-state index is 14.0. The number of Topliss-reactive ketones (excluding diaryl/α,β-unsaturated/α-hetero) is 2. The predicted molar refractivity (Wildman–Crippen MR) is 240 cm³/mol. The van der Waals surface area contributed by atoms with E-state index in [0.717, 1.165) is 0 Å². The van der Waals surface area contributed by atoms with Crippen molar-refractivity contribution in [1.29, 1.82) is 0 Å². The zero-order valence-electron chi connectivity index (χ0n) is 35.1. The highest BCUT2D eigenvalue weighted by atomic mass is 35.5. The van der Waals surface area contributed by atoms with E-state index >= 15 is 0 Å². The summed E-state index contributed by atoms with van der Waals surface area (Å²) in [5.41, 5.74) is 4.13. The molecule has 302 valence electrons. The minimum Gasteiger partial charge on any atom is -0.289 e. The number of carbonyl (C=O) groups excluding carboxylic acids is 2. The van der Waals surface area contributed by atoms with E-state index < -0.39 is 21.7 Å². The molecular weight excluding hydrogens is 808 g/mol. The van der Waals surface area contributed by atoms with Crippen molar-refractivity contribution in [3.63, 3.8) is 0 Å². The third-order valence-corrected chi connectivity index (χ3v) is 11.2. The van der Waals surface area contributed by atoms with Gasteiger partial charge in [0.15, 0.2) is 11.6 Å². The van der Waals surface area contributed by atoms with Crippen LogP contribution in [0.15, 0.2) is 133 Å². The van der Waals surface area contributed by atoms with Gasteiger partial charge in [-0.2, -0.15) is 0 Å². The van der Waals surface area contributed by atoms with E-state index in [1.165, 1.54) is 0 Å². The van der Waals surface area contributed by atoms with Gasteiger partial charge in [-0.1, -0.05) is 148 Å². The monoisotopic (exact) mass is 855 g/mol. The van der Waals surface area contributed by atoms with Crippen LogP contribution in [0.3, 0.4) is 0 Å². The van der Waals surface area contributed by atoms with Crippen LogP contribution < -0.4 is 0 Å². The summed E-state index contributed by atoms with van der Waals surface area (Å²) in [4.78, 5) is 33.2. The molecule has 1 heterocycles. The molecular formula is C47H49Cl4N5O2. The lowest BCUT2D eigenvalue weighted by molar-refractivity contribution is -0.114. The van der Waals surface area contributed by atoms with Gasteiger partial charge in [0.2, 0.25) is 0 Å². The van der Waals surface area contributed by atoms with Crippen molar-refractivity contribution >= 4 is 80.7 Å². The summed E-state index contributed by atoms with van der Waals surface area (Å²) < 4.78 is 0. The van der Waals surface area contributed by atoms with Gasteiger partial charge in [0.25, 0.3) is 0 Å². The molecule has 0 saturated carbocycles. The van der Waals surface area contributed by atoms with Crippen molar-refractivity contribution in [1.82, 2.24) is 4.98 Å². The van der Waals surface area contributed by atoms with Crippen molar-refractivity contribution in [2.75, 3.05) is 0 Å². The Morgan fingerprint density at radius 1 is 0.466 bits per heavy atom. The first-order valence-corrected chi connectivity index (χ1v) is 20.5. The molecule has 0 spiro atoms. The maximum Gasteiger partial charge on any atom is 0.186 e. The van der Waals surface area contributed by atoms with Crippen LogP contribution >= 0.6 is 46.4 Å². The highest BCUT2D eigenvalue weighted by molar-refractivity contribution is 6.44. The highest BCUT2D eigenvalue weighted by Gasteiger charge is 2.36. The fraction of sp³-hybridized carbons (Fsp3) is 0.340. The Morgan fingerprint density at radius 2 is 0.759 bits per heavy atom. The Balaban J connectivity index is 1.89. The van der Waals surface area contributed by atoms with Gasteiger partial charge >= 0.3 is 0 Å². The summed E-state index contributed by atoms with van der Waals surface area (Å²) in [6.45, 7) is 24.1. The summed E-state index contributed by atoms with van der Waals surface area (Å²) in [5, 5.41) is 19.9. The number of halogens is 4. The third kappa shape index (κ3) is 9.94. The number of aromatic nitrogens is 1. The molecule has 0 amide bonds. The quantitative estimate of drug-likeness (QED) is 0.231. The summed E-state index contributed by atoms with van der Waals surface area (Å²) in [7, 11) is 0. The number of allylic oxidation sites excluding steroid dienone is 10. The molecule has 0 saturated heterocycles. The van der Waals surface area contributed by atoms with Crippen LogP contribution in [-0.4, -0.2) is 16.6 Å². The average Bonchev–Trinajstić information content (AvgIpc) is 3.11. The van der Waals surface area contributed by atoms with Crippen LogP contribution in [-0.2, 0) is 9.59 Å². The number of carbonyl (C=O) groups is 2. The highest BCUT2D eigenvalue weighted by Crippen LogP contribution is 2.44. The number of hydrogen-bond donors (Lipinski definition) is 0. The number of hydrogen-bond acceptors (Lipinski definition) is 7. The number of benzene rings is 2. The molecule has 3 aromatic rings. The molecule has 2 aliphatic carbocycles. The molecule has 0 N–H and O–H groups in total. The van der Waals surface area contributed by atoms with E-state index in [1.807, 2.05) is 126 Å². The molecule has 1 aromatic heterocycles. The second-order valence-electron chi connectivity index (χ2n) is 18.5. The van der Waals surface area contributed by atoms with Crippen molar-refractivity contribution in [3.05, 3.63) is 144 Å². The Bertz CT molecular complexity index is 2210. The minimum absolute atomic E-state index is 0.0264. The van der Waals surface area contributed by atoms with Crippen molar-refractivity contribution < 1.29 is 9.59 Å². The topological polar surface area (TPSA) is 96.5 Å². The van der Waals surface area contributed by atoms with E-state index in [1.54, 1.807) is 36.4 Å². The summed E-state index contributed by atoms with van der Waals surface area (Å²) >= 11 is 25.9. The molecule has 0 bridgehead atoms. The lowest BCUT2D eigenvalue weighted by Gasteiger charge is -2.31. The van der Waals surface area contributed by atoms with Crippen molar-refractivity contribution in [2.24, 2.45) is 42.1 Å². The van der Waals surface area contributed by atoms with Gasteiger partial charge in [-0.3, -0.25) is 9.59 Å². The first-order chi connectivity index (χ1) is 26.8. The van der Waals surface area contributed by atoms with Crippen LogP contribution in [0.4, 0.5) is 11.4 Å². The Labute approximate surface area is 362 Å². The molecule has 11 heteroatoms. The number of rotatable bonds is 6. The van der Waals surface area contributed by atoms with Gasteiger partial charge in [-0.25, -0.2) is 4.98 Å². The average molecular weight is 858 g/mol. The van der Waals surface area contributed by atoms with Crippen molar-refractivity contribution in [2.45, 2.75) is 83.1 Å². The minimum atomic E-state index is -0.493. The lowest BCUT2D eigenvalue weighted by atomic mass is 9.71. The molecule has 58 heavy (non-hydrogen) atoms. The van der Waals surface area contributed by atoms with E-state index in [2.05, 4.69) is 10.2 Å². The van der Waals surface area contributed by atoms with E-state index in [0.29, 0.717) is 77.6 Å². The Kier molecular flexibility index (Phi) is 13.0. The smallest absolute Gasteiger partial charge is 0.186 e. The molecule has 2 aliphatic rings. The second-order valence-corrected chi connectivity index (χ2v) is 20.0. The van der Waals surface area contributed by atoms with Gasteiger partial charge in [0.05, 0.1) is 31.5 Å². The Hall–Kier alpha value is -4.27. The Morgan fingerprint density at radius 3 is 1.05 bits per heavy atom. The predicted octanol–water partition coefficient (Wildman–Crippen LogP) is 15.7. The second kappa shape index (κ2) is 16.8. The summed E-state index contributed by atoms with van der Waals surface area (Å²) in [5.74, 6) is -0.0528. The van der Waals surface area contributed by atoms with Gasteiger partial charge in [-0.05, 0) is 82.4 Å². The molecule has 0 fully saturated rings. The van der Waals surface area contributed by atoms with E-state index in [-0.39, 0.29) is 21.6 Å². The molecule has 2 aromatic carbocycles. The molecule has 0 radical (unpaired) electrons. The zero-order chi connectivity index (χ0) is 43.1. The van der Waals surface area contributed by atoms with Crippen molar-refractivity contribution in [3.8, 4) is 0 Å². The van der Waals surface area contributed by atoms with Crippen LogP contribution in [0.1, 0.15) is 94.5 Å². The number of nitrogens with zero attached hydrogens (tertiary/aromatic N) is 5. The molecule has 7 nitrogen and oxygen atoms in total. The number of azo groups is 2. The van der Waals surface area contributed by atoms with Gasteiger partial charge in [0, 0.05) is 33.4 Å².